The molecule has 3 aromatic rings. The van der Waals surface area contributed by atoms with Crippen LogP contribution in [0.15, 0.2) is 48.7 Å². The maximum absolute atomic E-state index is 12.8. The molecule has 1 heterocycles. The van der Waals surface area contributed by atoms with Crippen LogP contribution in [0.3, 0.4) is 0 Å². The van der Waals surface area contributed by atoms with E-state index in [9.17, 15) is 4.79 Å². The third-order valence-corrected chi connectivity index (χ3v) is 4.66. The lowest BCUT2D eigenvalue weighted by Gasteiger charge is -2.15. The molecule has 2 aromatic carbocycles. The van der Waals surface area contributed by atoms with Gasteiger partial charge in [-0.2, -0.15) is 5.10 Å². The summed E-state index contributed by atoms with van der Waals surface area (Å²) in [7, 11) is 1.62. The number of hydrogen-bond acceptors (Lipinski definition) is 4. The van der Waals surface area contributed by atoms with Gasteiger partial charge in [0.15, 0.2) is 0 Å². The van der Waals surface area contributed by atoms with Crippen LogP contribution in [0.5, 0.6) is 11.5 Å². The van der Waals surface area contributed by atoms with Gasteiger partial charge in [0.1, 0.15) is 11.5 Å². The van der Waals surface area contributed by atoms with Crippen LogP contribution >= 0.6 is 11.6 Å². The largest absolute Gasteiger partial charge is 0.497 e. The average Bonchev–Trinajstić information content (AvgIpc) is 3.19. The third-order valence-electron chi connectivity index (χ3n) is 4.37. The Morgan fingerprint density at radius 3 is 2.64 bits per heavy atom. The summed E-state index contributed by atoms with van der Waals surface area (Å²) in [6, 6.07) is 12.8. The Morgan fingerprint density at radius 2 is 2.00 bits per heavy atom. The molecule has 1 aromatic heterocycles. The zero-order valence-electron chi connectivity index (χ0n) is 16.0. The van der Waals surface area contributed by atoms with E-state index in [4.69, 9.17) is 21.1 Å². The average molecular weight is 400 g/mol. The van der Waals surface area contributed by atoms with Gasteiger partial charge < -0.3 is 14.8 Å². The number of halogens is 1. The van der Waals surface area contributed by atoms with Crippen molar-refractivity contribution < 1.29 is 14.3 Å². The Morgan fingerprint density at radius 1 is 1.25 bits per heavy atom. The summed E-state index contributed by atoms with van der Waals surface area (Å²) < 4.78 is 10.6. The van der Waals surface area contributed by atoms with Crippen molar-refractivity contribution >= 4 is 17.5 Å². The van der Waals surface area contributed by atoms with Crippen molar-refractivity contribution in [3.8, 4) is 22.8 Å². The molecule has 6 nitrogen and oxygen atoms in total. The molecule has 1 amide bonds. The molecule has 0 aliphatic carbocycles. The number of hydrogen-bond donors (Lipinski definition) is 2. The molecule has 0 saturated carbocycles. The minimum atomic E-state index is -0.225. The van der Waals surface area contributed by atoms with Gasteiger partial charge >= 0.3 is 0 Å². The minimum absolute atomic E-state index is 0.176. The van der Waals surface area contributed by atoms with Crippen LogP contribution in [-0.4, -0.2) is 29.8 Å². The van der Waals surface area contributed by atoms with Gasteiger partial charge in [-0.05, 0) is 49.7 Å². The van der Waals surface area contributed by atoms with Gasteiger partial charge in [-0.25, -0.2) is 0 Å². The zero-order valence-corrected chi connectivity index (χ0v) is 16.7. The van der Waals surface area contributed by atoms with Gasteiger partial charge in [-0.15, -0.1) is 0 Å². The molecule has 7 heteroatoms. The van der Waals surface area contributed by atoms with E-state index in [-0.39, 0.29) is 11.9 Å². The van der Waals surface area contributed by atoms with Crippen molar-refractivity contribution in [2.75, 3.05) is 13.7 Å². The summed E-state index contributed by atoms with van der Waals surface area (Å²) in [6.45, 7) is 4.35. The van der Waals surface area contributed by atoms with Crippen molar-refractivity contribution in [2.24, 2.45) is 0 Å². The van der Waals surface area contributed by atoms with Crippen LogP contribution in [-0.2, 0) is 0 Å². The number of methoxy groups -OCH3 is 1. The summed E-state index contributed by atoms with van der Waals surface area (Å²) in [5, 5.41) is 10.4. The predicted octanol–water partition coefficient (Wildman–Crippen LogP) is 4.63. The number of carbonyl (C=O) groups excluding carboxylic acids is 1. The normalized spacial score (nSPS) is 11.7. The lowest BCUT2D eigenvalue weighted by Crippen LogP contribution is -2.26. The first-order chi connectivity index (χ1) is 13.5. The van der Waals surface area contributed by atoms with E-state index < -0.39 is 0 Å². The fraction of sp³-hybridized carbons (Fsp3) is 0.238. The molecule has 0 fully saturated rings. The van der Waals surface area contributed by atoms with Crippen molar-refractivity contribution in [2.45, 2.75) is 19.9 Å². The fourth-order valence-electron chi connectivity index (χ4n) is 2.86. The maximum Gasteiger partial charge on any atom is 0.255 e. The monoisotopic (exact) mass is 399 g/mol. The molecule has 0 spiro atoms. The summed E-state index contributed by atoms with van der Waals surface area (Å²) >= 11 is 6.28. The number of aromatic nitrogens is 2. The molecule has 2 N–H and O–H groups in total. The Bertz CT molecular complexity index is 954. The first kappa shape index (κ1) is 19.8. The molecule has 0 saturated heterocycles. The van der Waals surface area contributed by atoms with E-state index in [0.717, 1.165) is 16.9 Å². The van der Waals surface area contributed by atoms with Crippen molar-refractivity contribution in [3.05, 3.63) is 64.8 Å². The number of carbonyl (C=O) groups is 1. The van der Waals surface area contributed by atoms with Crippen LogP contribution in [0.4, 0.5) is 0 Å². The van der Waals surface area contributed by atoms with Gasteiger partial charge in [0.05, 0.1) is 42.2 Å². The summed E-state index contributed by atoms with van der Waals surface area (Å²) in [5.41, 5.74) is 2.78. The number of aromatic amines is 1. The smallest absolute Gasteiger partial charge is 0.255 e. The lowest BCUT2D eigenvalue weighted by molar-refractivity contribution is 0.0940. The molecular weight excluding hydrogens is 378 g/mol. The molecule has 28 heavy (non-hydrogen) atoms. The van der Waals surface area contributed by atoms with Crippen molar-refractivity contribution in [3.63, 3.8) is 0 Å². The highest BCUT2D eigenvalue weighted by Gasteiger charge is 2.18. The van der Waals surface area contributed by atoms with Crippen LogP contribution in [0, 0.1) is 0 Å². The highest BCUT2D eigenvalue weighted by atomic mass is 35.5. The Balaban J connectivity index is 1.78. The lowest BCUT2D eigenvalue weighted by atomic mass is 10.1. The molecule has 0 aliphatic rings. The number of amides is 1. The zero-order chi connectivity index (χ0) is 20.1. The van der Waals surface area contributed by atoms with Crippen LogP contribution in [0.25, 0.3) is 11.3 Å². The van der Waals surface area contributed by atoms with Gasteiger partial charge in [0.2, 0.25) is 0 Å². The molecule has 0 radical (unpaired) electrons. The number of nitrogens with zero attached hydrogens (tertiary/aromatic N) is 1. The van der Waals surface area contributed by atoms with Crippen molar-refractivity contribution in [1.29, 1.82) is 0 Å². The van der Waals surface area contributed by atoms with Gasteiger partial charge in [0, 0.05) is 5.56 Å². The molecule has 0 aliphatic heterocycles. The van der Waals surface area contributed by atoms with E-state index in [1.807, 2.05) is 44.2 Å². The highest BCUT2D eigenvalue weighted by Crippen LogP contribution is 2.31. The van der Waals surface area contributed by atoms with Gasteiger partial charge in [-0.3, -0.25) is 9.89 Å². The third kappa shape index (κ3) is 4.28. The topological polar surface area (TPSA) is 76.2 Å². The molecule has 3 rings (SSSR count). The van der Waals surface area contributed by atoms with Crippen LogP contribution in [0.2, 0.25) is 5.02 Å². The standard InChI is InChI=1S/C21H22ClN3O3/c1-4-28-19-10-7-15(11-18(19)22)20-17(12-23-25-20)21(26)24-13(2)14-5-8-16(27-3)9-6-14/h5-13H,4H2,1-3H3,(H,23,25)(H,24,26). The first-order valence-corrected chi connectivity index (χ1v) is 9.32. The second-order valence-electron chi connectivity index (χ2n) is 6.21. The quantitative estimate of drug-likeness (QED) is 0.607. The number of nitrogens with one attached hydrogen (secondary N) is 2. The molecule has 146 valence electrons. The molecule has 0 bridgehead atoms. The summed E-state index contributed by atoms with van der Waals surface area (Å²) in [5.74, 6) is 1.15. The van der Waals surface area contributed by atoms with Gasteiger partial charge in [0.25, 0.3) is 5.91 Å². The molecular formula is C21H22ClN3O3. The minimum Gasteiger partial charge on any atom is -0.497 e. The molecule has 1 unspecified atom stereocenters. The number of H-pyrrole nitrogens is 1. The SMILES string of the molecule is CCOc1ccc(-c2[nH]ncc2C(=O)NC(C)c2ccc(OC)cc2)cc1Cl. The Hall–Kier alpha value is -2.99. The Kier molecular flexibility index (Phi) is 6.21. The first-order valence-electron chi connectivity index (χ1n) is 8.94. The van der Waals surface area contributed by atoms with E-state index in [1.165, 1.54) is 6.20 Å². The van der Waals surface area contributed by atoms with Crippen molar-refractivity contribution in [1.82, 2.24) is 15.5 Å². The second-order valence-corrected chi connectivity index (χ2v) is 6.61. The second kappa shape index (κ2) is 8.80. The molecule has 1 atom stereocenters. The highest BCUT2D eigenvalue weighted by molar-refractivity contribution is 6.32. The number of ether oxygens (including phenoxy) is 2. The van der Waals surface area contributed by atoms with E-state index >= 15 is 0 Å². The number of rotatable bonds is 7. The van der Waals surface area contributed by atoms with E-state index in [0.29, 0.717) is 28.6 Å². The Labute approximate surface area is 168 Å². The van der Waals surface area contributed by atoms with Crippen LogP contribution < -0.4 is 14.8 Å². The fourth-order valence-corrected chi connectivity index (χ4v) is 3.09. The van der Waals surface area contributed by atoms with Gasteiger partial charge in [-0.1, -0.05) is 23.7 Å². The number of benzene rings is 2. The van der Waals surface area contributed by atoms with E-state index in [1.54, 1.807) is 19.2 Å². The summed E-state index contributed by atoms with van der Waals surface area (Å²) in [6.07, 6.45) is 1.51. The predicted molar refractivity (Wildman–Crippen MR) is 109 cm³/mol. The maximum atomic E-state index is 12.8. The summed E-state index contributed by atoms with van der Waals surface area (Å²) in [4.78, 5) is 12.8. The van der Waals surface area contributed by atoms with E-state index in [2.05, 4.69) is 15.5 Å². The van der Waals surface area contributed by atoms with Crippen LogP contribution in [0.1, 0.15) is 35.8 Å².